The molecule has 0 aliphatic carbocycles. The Morgan fingerprint density at radius 2 is 2.05 bits per heavy atom. The molecular formula is C14H15FN2OS. The third-order valence-electron chi connectivity index (χ3n) is 2.73. The second kappa shape index (κ2) is 5.95. The summed E-state index contributed by atoms with van der Waals surface area (Å²) in [4.78, 5) is 2.27. The first kappa shape index (κ1) is 13.7. The fourth-order valence-electron chi connectivity index (χ4n) is 1.95. The van der Waals surface area contributed by atoms with Gasteiger partial charge in [-0.1, -0.05) is 12.2 Å². The minimum absolute atomic E-state index is 0.207. The van der Waals surface area contributed by atoms with Gasteiger partial charge >= 0.3 is 0 Å². The largest absolute Gasteiger partial charge is 0.472 e. The van der Waals surface area contributed by atoms with Crippen LogP contribution in [0.2, 0.25) is 0 Å². The van der Waals surface area contributed by atoms with Crippen molar-refractivity contribution in [2.75, 3.05) is 7.05 Å². The lowest BCUT2D eigenvalue weighted by atomic mass is 10.1. The van der Waals surface area contributed by atoms with E-state index in [-0.39, 0.29) is 10.8 Å². The van der Waals surface area contributed by atoms with Gasteiger partial charge in [-0.25, -0.2) is 4.39 Å². The van der Waals surface area contributed by atoms with Gasteiger partial charge in [0, 0.05) is 24.2 Å². The zero-order valence-electron chi connectivity index (χ0n) is 10.6. The zero-order valence-corrected chi connectivity index (χ0v) is 11.4. The molecule has 0 aliphatic heterocycles. The summed E-state index contributed by atoms with van der Waals surface area (Å²) in [6.45, 7) is 1.34. The molecule has 100 valence electrons. The van der Waals surface area contributed by atoms with Crippen molar-refractivity contribution in [3.8, 4) is 0 Å². The Bertz CT molecular complexity index is 569. The summed E-state index contributed by atoms with van der Waals surface area (Å²) in [6, 6.07) is 6.56. The maximum absolute atomic E-state index is 13.5. The third-order valence-corrected chi connectivity index (χ3v) is 2.96. The monoisotopic (exact) mass is 278 g/mol. The Morgan fingerprint density at radius 3 is 2.68 bits per heavy atom. The summed E-state index contributed by atoms with van der Waals surface area (Å²) in [5.74, 6) is -0.322. The highest BCUT2D eigenvalue weighted by Gasteiger charge is 2.07. The molecule has 0 atom stereocenters. The smallest absolute Gasteiger partial charge is 0.124 e. The van der Waals surface area contributed by atoms with E-state index >= 15 is 0 Å². The highest BCUT2D eigenvalue weighted by molar-refractivity contribution is 7.80. The number of furan rings is 1. The number of benzene rings is 1. The fourth-order valence-corrected chi connectivity index (χ4v) is 2.06. The molecular weight excluding hydrogens is 263 g/mol. The number of thiocarbonyl (C=S) groups is 1. The predicted octanol–water partition coefficient (Wildman–Crippen LogP) is 2.68. The van der Waals surface area contributed by atoms with Crippen LogP contribution in [0.15, 0.2) is 41.2 Å². The summed E-state index contributed by atoms with van der Waals surface area (Å²) < 4.78 is 18.5. The fraction of sp³-hybridized carbons (Fsp3) is 0.214. The van der Waals surface area contributed by atoms with Crippen molar-refractivity contribution >= 4 is 17.2 Å². The quantitative estimate of drug-likeness (QED) is 0.854. The molecule has 0 saturated carbocycles. The first-order valence-corrected chi connectivity index (χ1v) is 6.24. The molecule has 0 fully saturated rings. The van der Waals surface area contributed by atoms with E-state index in [1.807, 2.05) is 19.2 Å². The Kier molecular flexibility index (Phi) is 4.29. The lowest BCUT2D eigenvalue weighted by Crippen LogP contribution is -2.18. The molecule has 2 N–H and O–H groups in total. The van der Waals surface area contributed by atoms with Crippen molar-refractivity contribution in [3.05, 3.63) is 59.3 Å². The SMILES string of the molecule is CN(Cc1ccoc1)Cc1cc(F)cc(C(N)=S)c1. The number of nitrogens with zero attached hydrogens (tertiary/aromatic N) is 1. The maximum Gasteiger partial charge on any atom is 0.124 e. The number of nitrogens with two attached hydrogens (primary N) is 1. The van der Waals surface area contributed by atoms with Gasteiger partial charge in [0.05, 0.1) is 12.5 Å². The van der Waals surface area contributed by atoms with Gasteiger partial charge < -0.3 is 10.2 Å². The van der Waals surface area contributed by atoms with Crippen molar-refractivity contribution in [2.45, 2.75) is 13.1 Å². The highest BCUT2D eigenvalue weighted by Crippen LogP contribution is 2.13. The van der Waals surface area contributed by atoms with E-state index in [4.69, 9.17) is 22.4 Å². The van der Waals surface area contributed by atoms with Crippen molar-refractivity contribution in [2.24, 2.45) is 5.73 Å². The van der Waals surface area contributed by atoms with Gasteiger partial charge in [0.2, 0.25) is 0 Å². The summed E-state index contributed by atoms with van der Waals surface area (Å²) in [7, 11) is 1.96. The predicted molar refractivity (Wildman–Crippen MR) is 76.2 cm³/mol. The highest BCUT2D eigenvalue weighted by atomic mass is 32.1. The standard InChI is InChI=1S/C14H15FN2OS/c1-17(7-10-2-3-18-9-10)8-11-4-12(14(16)19)6-13(15)5-11/h2-6,9H,7-8H2,1H3,(H2,16,19). The van der Waals surface area contributed by atoms with Crippen LogP contribution in [0.25, 0.3) is 0 Å². The van der Waals surface area contributed by atoms with Crippen LogP contribution in [-0.2, 0) is 13.1 Å². The summed E-state index contributed by atoms with van der Waals surface area (Å²) in [5.41, 5.74) is 8.01. The number of hydrogen-bond donors (Lipinski definition) is 1. The van der Waals surface area contributed by atoms with Gasteiger partial charge in [0.25, 0.3) is 0 Å². The van der Waals surface area contributed by atoms with Gasteiger partial charge in [-0.15, -0.1) is 0 Å². The van der Waals surface area contributed by atoms with E-state index in [2.05, 4.69) is 4.90 Å². The molecule has 2 rings (SSSR count). The van der Waals surface area contributed by atoms with Gasteiger partial charge in [-0.2, -0.15) is 0 Å². The Labute approximate surface area is 116 Å². The van der Waals surface area contributed by atoms with Crippen molar-refractivity contribution in [1.82, 2.24) is 4.90 Å². The van der Waals surface area contributed by atoms with Crippen LogP contribution in [-0.4, -0.2) is 16.9 Å². The molecule has 5 heteroatoms. The van der Waals surface area contributed by atoms with E-state index in [1.54, 1.807) is 12.5 Å². The van der Waals surface area contributed by atoms with Gasteiger partial charge in [0.15, 0.2) is 0 Å². The van der Waals surface area contributed by atoms with Crippen molar-refractivity contribution in [1.29, 1.82) is 0 Å². The van der Waals surface area contributed by atoms with Crippen LogP contribution < -0.4 is 5.73 Å². The summed E-state index contributed by atoms with van der Waals surface area (Å²) in [5, 5.41) is 0. The number of rotatable bonds is 5. The Hall–Kier alpha value is -1.72. The second-order valence-electron chi connectivity index (χ2n) is 4.52. The van der Waals surface area contributed by atoms with E-state index < -0.39 is 0 Å². The van der Waals surface area contributed by atoms with E-state index in [1.165, 1.54) is 12.1 Å². The first-order valence-electron chi connectivity index (χ1n) is 5.83. The van der Waals surface area contributed by atoms with Gasteiger partial charge in [-0.05, 0) is 36.9 Å². The molecule has 0 bridgehead atoms. The average Bonchev–Trinajstić information content (AvgIpc) is 2.80. The molecule has 0 saturated heterocycles. The number of hydrogen-bond acceptors (Lipinski definition) is 3. The van der Waals surface area contributed by atoms with E-state index in [9.17, 15) is 4.39 Å². The van der Waals surface area contributed by atoms with Crippen molar-refractivity contribution < 1.29 is 8.81 Å². The molecule has 1 aromatic heterocycles. The van der Waals surface area contributed by atoms with Crippen LogP contribution in [0.1, 0.15) is 16.7 Å². The topological polar surface area (TPSA) is 42.4 Å². The van der Waals surface area contributed by atoms with Gasteiger partial charge in [-0.3, -0.25) is 4.90 Å². The third kappa shape index (κ3) is 3.87. The molecule has 0 spiro atoms. The Balaban J connectivity index is 2.08. The molecule has 0 radical (unpaired) electrons. The number of halogens is 1. The minimum Gasteiger partial charge on any atom is -0.472 e. The Morgan fingerprint density at radius 1 is 1.32 bits per heavy atom. The maximum atomic E-state index is 13.5. The second-order valence-corrected chi connectivity index (χ2v) is 4.96. The van der Waals surface area contributed by atoms with Gasteiger partial charge in [0.1, 0.15) is 10.8 Å². The first-order chi connectivity index (χ1) is 9.04. The molecule has 3 nitrogen and oxygen atoms in total. The van der Waals surface area contributed by atoms with E-state index in [0.717, 1.165) is 17.7 Å². The van der Waals surface area contributed by atoms with Crippen LogP contribution in [0.3, 0.4) is 0 Å². The molecule has 2 aromatic rings. The van der Waals surface area contributed by atoms with Crippen LogP contribution in [0, 0.1) is 5.82 Å². The van der Waals surface area contributed by atoms with Crippen molar-refractivity contribution in [3.63, 3.8) is 0 Å². The normalized spacial score (nSPS) is 10.9. The average molecular weight is 278 g/mol. The summed E-state index contributed by atoms with van der Waals surface area (Å²) >= 11 is 4.87. The lowest BCUT2D eigenvalue weighted by Gasteiger charge is -2.16. The minimum atomic E-state index is -0.322. The zero-order chi connectivity index (χ0) is 13.8. The van der Waals surface area contributed by atoms with Crippen LogP contribution in [0.4, 0.5) is 4.39 Å². The molecule has 1 heterocycles. The summed E-state index contributed by atoms with van der Waals surface area (Å²) in [6.07, 6.45) is 3.33. The molecule has 0 unspecified atom stereocenters. The lowest BCUT2D eigenvalue weighted by molar-refractivity contribution is 0.317. The van der Waals surface area contributed by atoms with Crippen LogP contribution in [0.5, 0.6) is 0 Å². The van der Waals surface area contributed by atoms with Crippen LogP contribution >= 0.6 is 12.2 Å². The molecule has 1 aromatic carbocycles. The molecule has 19 heavy (non-hydrogen) atoms. The van der Waals surface area contributed by atoms with E-state index in [0.29, 0.717) is 12.1 Å². The molecule has 0 aliphatic rings. The molecule has 0 amide bonds.